The van der Waals surface area contributed by atoms with Crippen LogP contribution in [0.1, 0.15) is 27.5 Å². The minimum atomic E-state index is -0.520. The Balaban J connectivity index is 1.37. The number of likely N-dealkylation sites (tertiary alicyclic amines) is 1. The molecule has 146 valence electrons. The summed E-state index contributed by atoms with van der Waals surface area (Å²) in [6.07, 6.45) is 4.65. The van der Waals surface area contributed by atoms with E-state index in [1.807, 2.05) is 0 Å². The molecule has 1 N–H and O–H groups in total. The van der Waals surface area contributed by atoms with Gasteiger partial charge in [0.1, 0.15) is 5.52 Å². The number of hydrogen-bond acceptors (Lipinski definition) is 5. The van der Waals surface area contributed by atoms with Crippen LogP contribution in [-0.2, 0) is 0 Å². The Morgan fingerprint density at radius 3 is 2.83 bits per heavy atom. The van der Waals surface area contributed by atoms with Crippen molar-refractivity contribution in [2.24, 2.45) is 0 Å². The lowest BCUT2D eigenvalue weighted by Crippen LogP contribution is -2.48. The SMILES string of the molecule is Cc1c(C(=O)N2CC(c3ccc(F)nc3)C2)cnn1-c1nn2cccc2c(=O)[nH]1. The maximum atomic E-state index is 13.0. The first-order chi connectivity index (χ1) is 14.0. The smallest absolute Gasteiger partial charge is 0.276 e. The molecule has 1 aliphatic heterocycles. The van der Waals surface area contributed by atoms with Crippen LogP contribution in [-0.4, -0.2) is 53.3 Å². The largest absolute Gasteiger partial charge is 0.337 e. The van der Waals surface area contributed by atoms with Gasteiger partial charge in [0.2, 0.25) is 11.9 Å². The van der Waals surface area contributed by atoms with Gasteiger partial charge in [-0.1, -0.05) is 6.07 Å². The van der Waals surface area contributed by atoms with Gasteiger partial charge in [-0.15, -0.1) is 5.10 Å². The molecular weight excluding hydrogens is 377 g/mol. The van der Waals surface area contributed by atoms with E-state index in [0.717, 1.165) is 5.56 Å². The number of aromatic nitrogens is 6. The second kappa shape index (κ2) is 6.36. The predicted molar refractivity (Wildman–Crippen MR) is 101 cm³/mol. The van der Waals surface area contributed by atoms with Crippen LogP contribution in [0.3, 0.4) is 0 Å². The number of carbonyl (C=O) groups excluding carboxylic acids is 1. The van der Waals surface area contributed by atoms with Crippen LogP contribution in [0.2, 0.25) is 0 Å². The summed E-state index contributed by atoms with van der Waals surface area (Å²) in [5, 5.41) is 8.58. The maximum Gasteiger partial charge on any atom is 0.276 e. The van der Waals surface area contributed by atoms with Gasteiger partial charge >= 0.3 is 0 Å². The monoisotopic (exact) mass is 393 g/mol. The van der Waals surface area contributed by atoms with E-state index in [2.05, 4.69) is 20.2 Å². The Kier molecular flexibility index (Phi) is 3.79. The highest BCUT2D eigenvalue weighted by atomic mass is 19.1. The second-order valence-electron chi connectivity index (χ2n) is 6.99. The molecule has 10 heteroatoms. The highest BCUT2D eigenvalue weighted by Crippen LogP contribution is 2.28. The molecule has 9 nitrogen and oxygen atoms in total. The number of nitrogens with zero attached hydrogens (tertiary/aromatic N) is 6. The van der Waals surface area contributed by atoms with E-state index in [1.165, 1.54) is 27.7 Å². The Morgan fingerprint density at radius 2 is 2.07 bits per heavy atom. The number of aromatic amines is 1. The fraction of sp³-hybridized carbons (Fsp3) is 0.211. The summed E-state index contributed by atoms with van der Waals surface area (Å²) in [5.41, 5.74) is 2.06. The topological polar surface area (TPSA) is 101 Å². The quantitative estimate of drug-likeness (QED) is 0.529. The van der Waals surface area contributed by atoms with E-state index in [0.29, 0.717) is 29.9 Å². The molecule has 1 fully saturated rings. The summed E-state index contributed by atoms with van der Waals surface area (Å²) in [6.45, 7) is 2.81. The van der Waals surface area contributed by atoms with Gasteiger partial charge in [0.05, 0.1) is 17.5 Å². The van der Waals surface area contributed by atoms with Crippen molar-refractivity contribution < 1.29 is 9.18 Å². The molecule has 1 saturated heterocycles. The molecule has 1 amide bonds. The standard InChI is InChI=1S/C19H16FN7O2/c1-11-14(18(29)25-9-13(10-25)12-4-5-16(20)21-7-12)8-22-27(11)19-23-17(28)15-3-2-6-26(15)24-19/h2-8,13H,9-10H2,1H3,(H,23,24,28). The lowest BCUT2D eigenvalue weighted by atomic mass is 9.92. The number of rotatable bonds is 3. The van der Waals surface area contributed by atoms with E-state index in [4.69, 9.17) is 0 Å². The van der Waals surface area contributed by atoms with Crippen LogP contribution < -0.4 is 5.56 Å². The fourth-order valence-electron chi connectivity index (χ4n) is 3.51. The average Bonchev–Trinajstić information content (AvgIpc) is 3.28. The lowest BCUT2D eigenvalue weighted by molar-refractivity contribution is 0.0601. The Morgan fingerprint density at radius 1 is 1.24 bits per heavy atom. The van der Waals surface area contributed by atoms with Crippen LogP contribution in [0.15, 0.2) is 47.7 Å². The van der Waals surface area contributed by atoms with Gasteiger partial charge in [-0.2, -0.15) is 9.49 Å². The number of amides is 1. The third-order valence-electron chi connectivity index (χ3n) is 5.22. The first-order valence-electron chi connectivity index (χ1n) is 9.04. The number of nitrogens with one attached hydrogen (secondary N) is 1. The van der Waals surface area contributed by atoms with Crippen molar-refractivity contribution in [3.8, 4) is 5.95 Å². The molecule has 1 aliphatic rings. The van der Waals surface area contributed by atoms with E-state index in [1.54, 1.807) is 36.2 Å². The minimum absolute atomic E-state index is 0.136. The molecule has 4 aromatic rings. The van der Waals surface area contributed by atoms with Crippen LogP contribution in [0, 0.1) is 12.9 Å². The van der Waals surface area contributed by atoms with Gasteiger partial charge in [-0.3, -0.25) is 14.6 Å². The summed E-state index contributed by atoms with van der Waals surface area (Å²) in [5.74, 6) is -0.302. The number of carbonyl (C=O) groups is 1. The molecule has 0 atom stereocenters. The zero-order valence-corrected chi connectivity index (χ0v) is 15.4. The number of hydrogen-bond donors (Lipinski definition) is 1. The lowest BCUT2D eigenvalue weighted by Gasteiger charge is -2.39. The normalized spacial score (nSPS) is 14.3. The van der Waals surface area contributed by atoms with Crippen LogP contribution in [0.25, 0.3) is 11.5 Å². The third-order valence-corrected chi connectivity index (χ3v) is 5.22. The first-order valence-corrected chi connectivity index (χ1v) is 9.04. The van der Waals surface area contributed by atoms with E-state index in [-0.39, 0.29) is 23.3 Å². The Labute approximate surface area is 163 Å². The molecule has 0 aromatic carbocycles. The van der Waals surface area contributed by atoms with Crippen LogP contribution in [0.4, 0.5) is 4.39 Å². The van der Waals surface area contributed by atoms with Crippen molar-refractivity contribution in [2.45, 2.75) is 12.8 Å². The molecule has 0 spiro atoms. The Bertz CT molecular complexity index is 1280. The summed E-state index contributed by atoms with van der Waals surface area (Å²) in [4.78, 5) is 33.1. The van der Waals surface area contributed by atoms with Crippen LogP contribution >= 0.6 is 0 Å². The van der Waals surface area contributed by atoms with Crippen molar-refractivity contribution in [2.75, 3.05) is 13.1 Å². The minimum Gasteiger partial charge on any atom is -0.337 e. The van der Waals surface area contributed by atoms with Crippen molar-refractivity contribution >= 4 is 11.4 Å². The van der Waals surface area contributed by atoms with Gasteiger partial charge in [0.25, 0.3) is 11.5 Å². The maximum absolute atomic E-state index is 13.0. The van der Waals surface area contributed by atoms with Crippen molar-refractivity contribution in [1.82, 2.24) is 34.3 Å². The highest BCUT2D eigenvalue weighted by Gasteiger charge is 2.34. The summed E-state index contributed by atoms with van der Waals surface area (Å²) < 4.78 is 15.9. The molecule has 4 aromatic heterocycles. The van der Waals surface area contributed by atoms with Gasteiger partial charge in [-0.25, -0.2) is 14.2 Å². The predicted octanol–water partition coefficient (Wildman–Crippen LogP) is 1.29. The Hall–Kier alpha value is -3.82. The molecule has 5 rings (SSSR count). The first kappa shape index (κ1) is 17.3. The average molecular weight is 393 g/mol. The van der Waals surface area contributed by atoms with Crippen molar-refractivity contribution in [3.05, 3.63) is 76.0 Å². The molecule has 29 heavy (non-hydrogen) atoms. The van der Waals surface area contributed by atoms with Gasteiger partial charge in [-0.05, 0) is 30.7 Å². The summed E-state index contributed by atoms with van der Waals surface area (Å²) in [6, 6.07) is 6.40. The van der Waals surface area contributed by atoms with Gasteiger partial charge in [0, 0.05) is 31.4 Å². The summed E-state index contributed by atoms with van der Waals surface area (Å²) >= 11 is 0. The molecule has 0 radical (unpaired) electrons. The zero-order valence-electron chi connectivity index (χ0n) is 15.4. The highest BCUT2D eigenvalue weighted by molar-refractivity contribution is 5.95. The van der Waals surface area contributed by atoms with Crippen molar-refractivity contribution in [1.29, 1.82) is 0 Å². The van der Waals surface area contributed by atoms with E-state index < -0.39 is 5.95 Å². The number of pyridine rings is 1. The number of fused-ring (bicyclic) bond motifs is 1. The van der Waals surface area contributed by atoms with Crippen LogP contribution in [0.5, 0.6) is 0 Å². The van der Waals surface area contributed by atoms with Gasteiger partial charge < -0.3 is 4.90 Å². The second-order valence-corrected chi connectivity index (χ2v) is 6.99. The van der Waals surface area contributed by atoms with Crippen molar-refractivity contribution in [3.63, 3.8) is 0 Å². The molecule has 0 unspecified atom stereocenters. The summed E-state index contributed by atoms with van der Waals surface area (Å²) in [7, 11) is 0. The van der Waals surface area contributed by atoms with E-state index in [9.17, 15) is 14.0 Å². The van der Waals surface area contributed by atoms with Gasteiger partial charge in [0.15, 0.2) is 0 Å². The molecule has 5 heterocycles. The van der Waals surface area contributed by atoms with E-state index >= 15 is 0 Å². The number of H-pyrrole nitrogens is 1. The molecular formula is C19H16FN7O2. The third kappa shape index (κ3) is 2.80. The number of halogens is 1. The zero-order chi connectivity index (χ0) is 20.1. The fourth-order valence-corrected chi connectivity index (χ4v) is 3.51. The molecule has 0 aliphatic carbocycles. The molecule has 0 saturated carbocycles. The molecule has 0 bridgehead atoms.